The molecule has 2 aromatic rings. The molecule has 0 aliphatic carbocycles. The molecule has 25 heavy (non-hydrogen) atoms. The van der Waals surface area contributed by atoms with E-state index in [4.69, 9.17) is 11.6 Å². The molecule has 0 atom stereocenters. The van der Waals surface area contributed by atoms with Gasteiger partial charge in [-0.2, -0.15) is 0 Å². The molecular weight excluding hydrogens is 339 g/mol. The minimum atomic E-state index is -0.255. The summed E-state index contributed by atoms with van der Waals surface area (Å²) in [5, 5.41) is 3.38. The Morgan fingerprint density at radius 3 is 2.76 bits per heavy atom. The van der Waals surface area contributed by atoms with Gasteiger partial charge in [0.25, 0.3) is 0 Å². The number of halogens is 2. The van der Waals surface area contributed by atoms with Crippen LogP contribution in [0.2, 0.25) is 5.02 Å². The zero-order valence-corrected chi connectivity index (χ0v) is 15.4. The van der Waals surface area contributed by atoms with Crippen molar-refractivity contribution in [1.82, 2.24) is 10.2 Å². The van der Waals surface area contributed by atoms with Crippen LogP contribution in [0.4, 0.5) is 4.39 Å². The van der Waals surface area contributed by atoms with E-state index in [1.165, 1.54) is 23.3 Å². The van der Waals surface area contributed by atoms with E-state index in [1.54, 1.807) is 13.1 Å². The number of nitrogens with one attached hydrogen (secondary N) is 1. The first-order valence-corrected chi connectivity index (χ1v) is 8.76. The molecule has 1 amide bonds. The molecule has 1 N–H and O–H groups in total. The van der Waals surface area contributed by atoms with E-state index in [0.717, 1.165) is 30.1 Å². The Morgan fingerprint density at radius 1 is 1.24 bits per heavy atom. The van der Waals surface area contributed by atoms with E-state index < -0.39 is 0 Å². The number of carbonyl (C=O) groups is 1. The Labute approximate surface area is 153 Å². The van der Waals surface area contributed by atoms with E-state index in [9.17, 15) is 9.18 Å². The van der Waals surface area contributed by atoms with Crippen LogP contribution in [0.3, 0.4) is 0 Å². The fourth-order valence-corrected chi connectivity index (χ4v) is 2.93. The molecule has 2 aromatic carbocycles. The molecule has 0 aromatic heterocycles. The van der Waals surface area contributed by atoms with E-state index in [2.05, 4.69) is 29.4 Å². The molecule has 1 aliphatic heterocycles. The number of carbonyl (C=O) groups excluding carboxylic acids is 1. The zero-order valence-electron chi connectivity index (χ0n) is 14.7. The monoisotopic (exact) mass is 362 g/mol. The van der Waals surface area contributed by atoms with Crippen LogP contribution >= 0.6 is 11.6 Å². The van der Waals surface area contributed by atoms with Crippen molar-refractivity contribution in [2.75, 3.05) is 20.6 Å². The minimum Gasteiger partial charge on any atom is -0.359 e. The van der Waals surface area contributed by atoms with Crippen molar-refractivity contribution in [3.63, 3.8) is 0 Å². The van der Waals surface area contributed by atoms with Crippen LogP contribution in [-0.2, 0) is 24.2 Å². The van der Waals surface area contributed by atoms with Gasteiger partial charge in [0.15, 0.2) is 0 Å². The Kier molecular flexibility index (Phi) is 7.41. The van der Waals surface area contributed by atoms with Crippen LogP contribution in [0, 0.1) is 5.82 Å². The van der Waals surface area contributed by atoms with E-state index in [0.29, 0.717) is 12.8 Å². The van der Waals surface area contributed by atoms with Crippen LogP contribution in [-0.4, -0.2) is 31.4 Å². The first-order valence-electron chi connectivity index (χ1n) is 8.39. The molecule has 1 aliphatic rings. The van der Waals surface area contributed by atoms with Gasteiger partial charge in [0, 0.05) is 31.6 Å². The second-order valence-corrected chi connectivity index (χ2v) is 6.64. The normalized spacial score (nSPS) is 13.4. The van der Waals surface area contributed by atoms with Gasteiger partial charge in [-0.25, -0.2) is 4.39 Å². The molecule has 0 unspecified atom stereocenters. The molecule has 5 heteroatoms. The lowest BCUT2D eigenvalue weighted by molar-refractivity contribution is -0.120. The number of rotatable bonds is 3. The van der Waals surface area contributed by atoms with Crippen LogP contribution in [0.15, 0.2) is 42.5 Å². The number of fused-ring (bicyclic) bond motifs is 1. The summed E-state index contributed by atoms with van der Waals surface area (Å²) in [6, 6.07) is 12.5. The summed E-state index contributed by atoms with van der Waals surface area (Å²) in [5.41, 5.74) is 3.69. The molecule has 134 valence electrons. The summed E-state index contributed by atoms with van der Waals surface area (Å²) >= 11 is 5.90. The van der Waals surface area contributed by atoms with Crippen molar-refractivity contribution in [3.8, 4) is 0 Å². The number of amides is 1. The summed E-state index contributed by atoms with van der Waals surface area (Å²) in [7, 11) is 3.74. The third kappa shape index (κ3) is 6.48. The van der Waals surface area contributed by atoms with Crippen molar-refractivity contribution < 1.29 is 9.18 Å². The van der Waals surface area contributed by atoms with Crippen molar-refractivity contribution in [2.45, 2.75) is 25.8 Å². The highest BCUT2D eigenvalue weighted by atomic mass is 35.5. The van der Waals surface area contributed by atoms with Gasteiger partial charge in [0.05, 0.1) is 0 Å². The molecule has 0 saturated heterocycles. The predicted octanol–water partition coefficient (Wildman–Crippen LogP) is 3.83. The molecule has 0 saturated carbocycles. The molecule has 0 bridgehead atoms. The summed E-state index contributed by atoms with van der Waals surface area (Å²) in [6.45, 7) is 2.21. The molecule has 0 radical (unpaired) electrons. The second-order valence-electron chi connectivity index (χ2n) is 6.20. The molecule has 0 fully saturated rings. The van der Waals surface area contributed by atoms with Gasteiger partial charge in [-0.3, -0.25) is 4.79 Å². The number of nitrogens with zero attached hydrogens (tertiary/aromatic N) is 1. The number of hydrogen-bond donors (Lipinski definition) is 1. The fourth-order valence-electron chi connectivity index (χ4n) is 2.74. The molecular formula is C20H24ClFN2O. The lowest BCUT2D eigenvalue weighted by atomic mass is 10.0. The molecule has 0 spiro atoms. The van der Waals surface area contributed by atoms with Gasteiger partial charge >= 0.3 is 0 Å². The van der Waals surface area contributed by atoms with Gasteiger partial charge < -0.3 is 10.2 Å². The zero-order chi connectivity index (χ0) is 18.2. The number of aryl methyl sites for hydroxylation is 1. The number of likely N-dealkylation sites (N-methyl/N-ethyl adjacent to an activating group) is 1. The third-order valence-electron chi connectivity index (χ3n) is 4.18. The van der Waals surface area contributed by atoms with Crippen molar-refractivity contribution in [3.05, 3.63) is 70.0 Å². The maximum atomic E-state index is 12.7. The van der Waals surface area contributed by atoms with Gasteiger partial charge in [-0.05, 0) is 60.8 Å². The van der Waals surface area contributed by atoms with Crippen LogP contribution in [0.1, 0.15) is 23.1 Å². The first-order chi connectivity index (χ1) is 12.0. The van der Waals surface area contributed by atoms with Crippen molar-refractivity contribution in [1.29, 1.82) is 0 Å². The first kappa shape index (κ1) is 19.4. The smallest absolute Gasteiger partial charge is 0.220 e. The maximum absolute atomic E-state index is 12.7. The highest BCUT2D eigenvalue weighted by molar-refractivity contribution is 6.30. The van der Waals surface area contributed by atoms with Gasteiger partial charge in [0.2, 0.25) is 5.91 Å². The van der Waals surface area contributed by atoms with E-state index in [-0.39, 0.29) is 11.7 Å². The Morgan fingerprint density at radius 2 is 2.04 bits per heavy atom. The fraction of sp³-hybridized carbons (Fsp3) is 0.350. The maximum Gasteiger partial charge on any atom is 0.220 e. The van der Waals surface area contributed by atoms with Gasteiger partial charge in [-0.1, -0.05) is 29.8 Å². The average Bonchev–Trinajstić information content (AvgIpc) is 2.60. The molecule has 1 heterocycles. The average molecular weight is 363 g/mol. The number of hydrogen-bond acceptors (Lipinski definition) is 2. The Hall–Kier alpha value is -1.91. The lowest BCUT2D eigenvalue weighted by Gasteiger charge is -2.24. The summed E-state index contributed by atoms with van der Waals surface area (Å²) in [6.07, 6.45) is 2.11. The van der Waals surface area contributed by atoms with Crippen LogP contribution < -0.4 is 5.32 Å². The third-order valence-corrected chi connectivity index (χ3v) is 4.42. The number of benzene rings is 2. The topological polar surface area (TPSA) is 32.3 Å². The van der Waals surface area contributed by atoms with Crippen LogP contribution in [0.5, 0.6) is 0 Å². The molecule has 3 rings (SSSR count). The van der Waals surface area contributed by atoms with Gasteiger partial charge in [0.1, 0.15) is 5.82 Å². The van der Waals surface area contributed by atoms with Crippen molar-refractivity contribution >= 4 is 17.5 Å². The summed E-state index contributed by atoms with van der Waals surface area (Å²) < 4.78 is 12.7. The Bertz CT molecular complexity index is 721. The standard InChI is InChI=1S/C10H12ClN.C10H12FNO/c1-12-5-4-8-6-10(11)3-2-9(8)7-12;1-12-10(13)6-5-8-3-2-4-9(11)7-8/h2-3,6H,4-5,7H2,1H3;2-4,7H,5-6H2,1H3,(H,12,13). The Balaban J connectivity index is 0.000000181. The van der Waals surface area contributed by atoms with Gasteiger partial charge in [-0.15, -0.1) is 0 Å². The lowest BCUT2D eigenvalue weighted by Crippen LogP contribution is -2.26. The summed E-state index contributed by atoms with van der Waals surface area (Å²) in [4.78, 5) is 13.2. The van der Waals surface area contributed by atoms with E-state index >= 15 is 0 Å². The quantitative estimate of drug-likeness (QED) is 0.899. The van der Waals surface area contributed by atoms with E-state index in [1.807, 2.05) is 12.1 Å². The summed E-state index contributed by atoms with van der Waals surface area (Å²) in [5.74, 6) is -0.279. The minimum absolute atomic E-state index is 0.0238. The second kappa shape index (κ2) is 9.54. The van der Waals surface area contributed by atoms with Crippen molar-refractivity contribution in [2.24, 2.45) is 0 Å². The largest absolute Gasteiger partial charge is 0.359 e. The van der Waals surface area contributed by atoms with Crippen LogP contribution in [0.25, 0.3) is 0 Å². The SMILES string of the molecule is CN1CCc2cc(Cl)ccc2C1.CNC(=O)CCc1cccc(F)c1. The molecule has 3 nitrogen and oxygen atoms in total. The highest BCUT2D eigenvalue weighted by Gasteiger charge is 2.12. The predicted molar refractivity (Wildman–Crippen MR) is 100 cm³/mol. The highest BCUT2D eigenvalue weighted by Crippen LogP contribution is 2.21.